The number of furan rings is 2. The molecular weight excluding hydrogens is 1470 g/mol. The highest BCUT2D eigenvalue weighted by Gasteiger charge is 2.34. The fourth-order valence-electron chi connectivity index (χ4n) is 24.3. The molecule has 14 aromatic heterocycles. The fourth-order valence-corrected chi connectivity index (χ4v) is 24.3. The Balaban J connectivity index is 0.691. The predicted molar refractivity (Wildman–Crippen MR) is 502 cm³/mol. The molecule has 0 radical (unpaired) electrons. The van der Waals surface area contributed by atoms with Crippen LogP contribution in [0.25, 0.3) is 306 Å². The standard InChI is InChI=1S/C110H58N8O2/c1-111-80-34-10-3-21-56(80)63-45-46-64-60-28-17-29-61-73-50-91-74(49-90(73)117(101(60)61)107(64)105(63)111)62-30-18-33-71-96-72(48-77-57-22-4-11-35-81(57)112(2)106(77)108(96)118(91)102(62)71)55-43-44-70-87(47-55)114(86-40-20-32-66-59-24-9-16-42-95(59)120-110(66)86)93-54-79-76-52-88-75(51-89(76)116-84-38-14-7-27-69(84)100(98(70)93)104(79)116)78-53-92-97(99-68-26-6-13-37-83(68)115(88)103(78)99)67-25-5-12-36-82(67)113(92)85-39-19-31-65-58-23-8-15-41-94(58)119-109(65)85/h3-54H,1-2H3. The summed E-state index contributed by atoms with van der Waals surface area (Å²) in [5.74, 6) is 0. The Labute approximate surface area is 675 Å². The Kier molecular flexibility index (Phi) is 10.2. The number of para-hydroxylation sites is 11. The lowest BCUT2D eigenvalue weighted by atomic mass is 9.94. The SMILES string of the molecule is Cn1c2ccccc2c2ccc3c4cccc5c6cc7c(cc6n(c54)c3c21)c1cccc2c3c(-c4ccc5c6c8c9ccccc9n9c%10cc%11c%12cc%13c(c%14ccccc%14n%13-c%13cccc%14c%13oc%13ccccc%13%14)c%13c%14ccccc%14n(c%11cc%10c(cc6n(-c6cccc%10c6oc6ccccc6%10)c5c4)c89)c%12%13)cc4c5ccccc5n(C)c4c3n7c12. The van der Waals surface area contributed by atoms with Gasteiger partial charge in [0.15, 0.2) is 11.2 Å². The van der Waals surface area contributed by atoms with Crippen molar-refractivity contribution in [3.63, 3.8) is 0 Å². The fraction of sp³-hybridized carbons (Fsp3) is 0.0182. The molecule has 0 spiro atoms. The van der Waals surface area contributed by atoms with E-state index in [0.29, 0.717) is 0 Å². The van der Waals surface area contributed by atoms with Crippen LogP contribution in [0.4, 0.5) is 0 Å². The monoisotopic (exact) mass is 1520 g/mol. The average Bonchev–Trinajstić information content (AvgIpc) is 1.50. The molecule has 0 bridgehead atoms. The quantitative estimate of drug-likeness (QED) is 0.177. The Morgan fingerprint density at radius 1 is 0.183 bits per heavy atom. The number of fused-ring (bicyclic) bond motifs is 46. The van der Waals surface area contributed by atoms with Crippen molar-refractivity contribution in [3.8, 4) is 22.5 Å². The third-order valence-corrected chi connectivity index (χ3v) is 28.9. The Morgan fingerprint density at radius 2 is 0.542 bits per heavy atom. The largest absolute Gasteiger partial charge is 0.454 e. The molecule has 550 valence electrons. The Morgan fingerprint density at radius 3 is 1.11 bits per heavy atom. The van der Waals surface area contributed by atoms with Gasteiger partial charge >= 0.3 is 0 Å². The number of nitrogens with zero attached hydrogens (tertiary/aromatic N) is 8. The van der Waals surface area contributed by atoms with Crippen LogP contribution in [-0.4, -0.2) is 35.9 Å². The minimum atomic E-state index is 0.852. The molecule has 0 aliphatic carbocycles. The molecule has 0 N–H and O–H groups in total. The topological polar surface area (TPSA) is 63.6 Å². The minimum Gasteiger partial charge on any atom is -0.454 e. The Bertz CT molecular complexity index is 10500. The van der Waals surface area contributed by atoms with E-state index in [1.807, 2.05) is 0 Å². The highest BCUT2D eigenvalue weighted by Crippen LogP contribution is 2.56. The third kappa shape index (κ3) is 6.66. The van der Waals surface area contributed by atoms with Gasteiger partial charge in [-0.15, -0.1) is 0 Å². The molecule has 18 aromatic carbocycles. The van der Waals surface area contributed by atoms with Crippen LogP contribution in [0.1, 0.15) is 0 Å². The maximum Gasteiger partial charge on any atom is 0.159 e. The average molecular weight is 1520 g/mol. The maximum atomic E-state index is 7.25. The second-order valence-corrected chi connectivity index (χ2v) is 34.1. The van der Waals surface area contributed by atoms with Crippen molar-refractivity contribution >= 4 is 283 Å². The van der Waals surface area contributed by atoms with Gasteiger partial charge in [0.1, 0.15) is 11.2 Å². The lowest BCUT2D eigenvalue weighted by Gasteiger charge is -2.12. The minimum absolute atomic E-state index is 0.852. The van der Waals surface area contributed by atoms with E-state index in [4.69, 9.17) is 8.83 Å². The van der Waals surface area contributed by atoms with E-state index < -0.39 is 0 Å². The van der Waals surface area contributed by atoms with Crippen molar-refractivity contribution in [1.82, 2.24) is 35.9 Å². The van der Waals surface area contributed by atoms with Crippen LogP contribution in [-0.2, 0) is 14.1 Å². The lowest BCUT2D eigenvalue weighted by molar-refractivity contribution is 0.666. The lowest BCUT2D eigenvalue weighted by Crippen LogP contribution is -1.95. The summed E-state index contributed by atoms with van der Waals surface area (Å²) in [7, 11) is 4.52. The van der Waals surface area contributed by atoms with Gasteiger partial charge in [-0.1, -0.05) is 212 Å². The molecular formula is C110H58N8O2. The highest BCUT2D eigenvalue weighted by molar-refractivity contribution is 6.42. The van der Waals surface area contributed by atoms with Crippen molar-refractivity contribution in [2.45, 2.75) is 0 Å². The zero-order valence-electron chi connectivity index (χ0n) is 64.4. The predicted octanol–water partition coefficient (Wildman–Crippen LogP) is 29.2. The molecule has 0 aliphatic heterocycles. The second kappa shape index (κ2) is 20.2. The van der Waals surface area contributed by atoms with Crippen LogP contribution in [0.15, 0.2) is 324 Å². The molecule has 10 heteroatoms. The van der Waals surface area contributed by atoms with Gasteiger partial charge in [0.25, 0.3) is 0 Å². The molecule has 0 saturated carbocycles. The molecule has 0 saturated heterocycles. The van der Waals surface area contributed by atoms with Gasteiger partial charge in [0.2, 0.25) is 0 Å². The number of aromatic nitrogens is 8. The van der Waals surface area contributed by atoms with Gasteiger partial charge in [-0.3, -0.25) is 0 Å². The molecule has 14 heterocycles. The van der Waals surface area contributed by atoms with E-state index >= 15 is 0 Å². The normalized spacial score (nSPS) is 13.2. The van der Waals surface area contributed by atoms with E-state index in [9.17, 15) is 0 Å². The first kappa shape index (κ1) is 60.5. The summed E-state index contributed by atoms with van der Waals surface area (Å²) in [5, 5.41) is 34.1. The summed E-state index contributed by atoms with van der Waals surface area (Å²) >= 11 is 0. The number of aryl methyl sites for hydroxylation is 2. The molecule has 10 nitrogen and oxygen atoms in total. The van der Waals surface area contributed by atoms with Gasteiger partial charge in [0, 0.05) is 176 Å². The number of benzene rings is 18. The Hall–Kier alpha value is -16.0. The van der Waals surface area contributed by atoms with E-state index in [-0.39, 0.29) is 0 Å². The van der Waals surface area contributed by atoms with Crippen molar-refractivity contribution in [2.24, 2.45) is 14.1 Å². The van der Waals surface area contributed by atoms with E-state index in [1.54, 1.807) is 0 Å². The van der Waals surface area contributed by atoms with E-state index in [0.717, 1.165) is 82.9 Å². The van der Waals surface area contributed by atoms with Crippen LogP contribution in [0.5, 0.6) is 0 Å². The summed E-state index contributed by atoms with van der Waals surface area (Å²) in [6.07, 6.45) is 0. The molecule has 32 aromatic rings. The van der Waals surface area contributed by atoms with Crippen LogP contribution >= 0.6 is 0 Å². The first-order chi connectivity index (χ1) is 59.4. The molecule has 0 atom stereocenters. The van der Waals surface area contributed by atoms with E-state index in [2.05, 4.69) is 365 Å². The summed E-state index contributed by atoms with van der Waals surface area (Å²) in [4.78, 5) is 0. The molecule has 120 heavy (non-hydrogen) atoms. The highest BCUT2D eigenvalue weighted by atomic mass is 16.3. The number of hydrogen-bond donors (Lipinski definition) is 0. The molecule has 0 aliphatic rings. The number of rotatable bonds is 3. The maximum absolute atomic E-state index is 7.25. The van der Waals surface area contributed by atoms with Crippen molar-refractivity contribution in [3.05, 3.63) is 315 Å². The van der Waals surface area contributed by atoms with Crippen molar-refractivity contribution < 1.29 is 8.83 Å². The summed E-state index contributed by atoms with van der Waals surface area (Å²) < 4.78 is 34.6. The third-order valence-electron chi connectivity index (χ3n) is 28.9. The van der Waals surface area contributed by atoms with Crippen molar-refractivity contribution in [1.29, 1.82) is 0 Å². The summed E-state index contributed by atoms with van der Waals surface area (Å²) in [6, 6.07) is 119. The molecule has 0 fully saturated rings. The van der Waals surface area contributed by atoms with Crippen LogP contribution in [0.2, 0.25) is 0 Å². The van der Waals surface area contributed by atoms with E-state index in [1.165, 1.54) is 223 Å². The van der Waals surface area contributed by atoms with Crippen LogP contribution < -0.4 is 0 Å². The first-order valence-electron chi connectivity index (χ1n) is 41.6. The summed E-state index contributed by atoms with van der Waals surface area (Å²) in [6.45, 7) is 0. The van der Waals surface area contributed by atoms with Crippen LogP contribution in [0.3, 0.4) is 0 Å². The van der Waals surface area contributed by atoms with Gasteiger partial charge in [-0.2, -0.15) is 0 Å². The first-order valence-corrected chi connectivity index (χ1v) is 41.6. The molecule has 32 rings (SSSR count). The second-order valence-electron chi connectivity index (χ2n) is 34.1. The smallest absolute Gasteiger partial charge is 0.159 e. The molecule has 0 unspecified atom stereocenters. The van der Waals surface area contributed by atoms with Gasteiger partial charge in [-0.05, 0) is 114 Å². The number of hydrogen-bond acceptors (Lipinski definition) is 2. The van der Waals surface area contributed by atoms with Gasteiger partial charge in [-0.25, -0.2) is 0 Å². The zero-order valence-corrected chi connectivity index (χ0v) is 64.4. The summed E-state index contributed by atoms with van der Waals surface area (Å²) in [5.41, 5.74) is 31.8. The van der Waals surface area contributed by atoms with Gasteiger partial charge < -0.3 is 44.7 Å². The van der Waals surface area contributed by atoms with Crippen molar-refractivity contribution in [2.75, 3.05) is 0 Å². The van der Waals surface area contributed by atoms with Gasteiger partial charge in [0.05, 0.1) is 111 Å². The van der Waals surface area contributed by atoms with Crippen LogP contribution in [0, 0.1) is 0 Å². The zero-order chi connectivity index (χ0) is 77.1. The molecule has 0 amide bonds.